The van der Waals surface area contributed by atoms with Crippen molar-refractivity contribution < 1.29 is 23.9 Å². The Balaban J connectivity index is 2.74. The van der Waals surface area contributed by atoms with Crippen molar-refractivity contribution in [2.75, 3.05) is 28.4 Å². The van der Waals surface area contributed by atoms with Crippen molar-refractivity contribution in [2.24, 2.45) is 5.92 Å². The lowest BCUT2D eigenvalue weighted by Crippen LogP contribution is -2.12. The molecule has 0 N–H and O–H groups in total. The van der Waals surface area contributed by atoms with Gasteiger partial charge in [0.05, 0.1) is 33.4 Å². The van der Waals surface area contributed by atoms with Gasteiger partial charge in [-0.3, -0.25) is 10.1 Å². The van der Waals surface area contributed by atoms with E-state index in [-0.39, 0.29) is 23.3 Å². The quantitative estimate of drug-likeness (QED) is 0.502. The Labute approximate surface area is 159 Å². The molecule has 0 aliphatic carbocycles. The highest BCUT2D eigenvalue weighted by atomic mass is 16.6. The van der Waals surface area contributed by atoms with Crippen molar-refractivity contribution in [1.82, 2.24) is 0 Å². The summed E-state index contributed by atoms with van der Waals surface area (Å²) < 4.78 is 21.5. The zero-order valence-corrected chi connectivity index (χ0v) is 16.4. The molecule has 2 rings (SSSR count). The minimum Gasteiger partial charge on any atom is -0.497 e. The molecule has 7 nitrogen and oxygen atoms in total. The fourth-order valence-corrected chi connectivity index (χ4v) is 3.25. The maximum absolute atomic E-state index is 11.5. The van der Waals surface area contributed by atoms with Crippen molar-refractivity contribution in [1.29, 1.82) is 0 Å². The van der Waals surface area contributed by atoms with Crippen LogP contribution in [0.1, 0.15) is 30.9 Å². The topological polar surface area (TPSA) is 80.1 Å². The van der Waals surface area contributed by atoms with E-state index >= 15 is 0 Å². The van der Waals surface area contributed by atoms with Gasteiger partial charge in [0.15, 0.2) is 0 Å². The summed E-state index contributed by atoms with van der Waals surface area (Å²) in [4.78, 5) is 11.1. The zero-order chi connectivity index (χ0) is 20.1. The lowest BCUT2D eigenvalue weighted by Gasteiger charge is -2.26. The molecule has 146 valence electrons. The molecule has 0 heterocycles. The predicted molar refractivity (Wildman–Crippen MR) is 102 cm³/mol. The van der Waals surface area contributed by atoms with Crippen molar-refractivity contribution in [3.8, 4) is 23.0 Å². The lowest BCUT2D eigenvalue weighted by atomic mass is 9.81. The molecule has 2 aromatic rings. The molecule has 2 aromatic carbocycles. The summed E-state index contributed by atoms with van der Waals surface area (Å²) in [5.74, 6) is 1.93. The number of nitrogens with zero attached hydrogens (tertiary/aromatic N) is 1. The Morgan fingerprint density at radius 1 is 0.815 bits per heavy atom. The molecule has 1 unspecified atom stereocenters. The summed E-state index contributed by atoms with van der Waals surface area (Å²) in [6.07, 6.45) is 0. The summed E-state index contributed by atoms with van der Waals surface area (Å²) in [6, 6.07) is 8.63. The molecule has 0 aliphatic heterocycles. The average Bonchev–Trinajstić information content (AvgIpc) is 2.67. The second kappa shape index (κ2) is 8.62. The van der Waals surface area contributed by atoms with E-state index in [4.69, 9.17) is 18.9 Å². The van der Waals surface area contributed by atoms with Gasteiger partial charge in [0, 0.05) is 35.2 Å². The molecular formula is C20H25NO6. The monoisotopic (exact) mass is 375 g/mol. The van der Waals surface area contributed by atoms with Gasteiger partial charge in [-0.2, -0.15) is 0 Å². The van der Waals surface area contributed by atoms with Crippen LogP contribution in [0.2, 0.25) is 0 Å². The molecule has 0 bridgehead atoms. The number of rotatable bonds is 8. The molecule has 0 amide bonds. The predicted octanol–water partition coefficient (Wildman–Crippen LogP) is 4.42. The maximum Gasteiger partial charge on any atom is 0.311 e. The fourth-order valence-electron chi connectivity index (χ4n) is 3.25. The van der Waals surface area contributed by atoms with Crippen LogP contribution in [0, 0.1) is 16.0 Å². The Hall–Kier alpha value is -2.96. The molecule has 0 saturated carbocycles. The van der Waals surface area contributed by atoms with Crippen LogP contribution in [0.3, 0.4) is 0 Å². The van der Waals surface area contributed by atoms with Gasteiger partial charge in [-0.1, -0.05) is 19.9 Å². The van der Waals surface area contributed by atoms with Crippen molar-refractivity contribution in [3.05, 3.63) is 51.6 Å². The number of nitro benzene ring substituents is 1. The average molecular weight is 375 g/mol. The van der Waals surface area contributed by atoms with Crippen LogP contribution in [0.5, 0.6) is 23.0 Å². The summed E-state index contributed by atoms with van der Waals surface area (Å²) in [5.41, 5.74) is 1.49. The number of benzene rings is 2. The number of hydrogen-bond donors (Lipinski definition) is 0. The standard InChI is InChI=1S/C20H25NO6/c1-12(2)20(14-8-7-13(24-3)9-17(14)25-4)15-10-16(21(22)23)19(27-6)11-18(15)26-5/h7-12,20H,1-6H3. The number of methoxy groups -OCH3 is 4. The first-order chi connectivity index (χ1) is 12.9. The van der Waals surface area contributed by atoms with Gasteiger partial charge in [-0.15, -0.1) is 0 Å². The third-order valence-corrected chi connectivity index (χ3v) is 4.51. The third kappa shape index (κ3) is 4.07. The summed E-state index contributed by atoms with van der Waals surface area (Å²) in [5, 5.41) is 11.5. The first-order valence-electron chi connectivity index (χ1n) is 8.50. The van der Waals surface area contributed by atoms with E-state index in [9.17, 15) is 10.1 Å². The highest BCUT2D eigenvalue weighted by molar-refractivity contribution is 5.59. The highest BCUT2D eigenvalue weighted by Gasteiger charge is 2.29. The molecule has 0 fully saturated rings. The van der Waals surface area contributed by atoms with Crippen LogP contribution in [-0.4, -0.2) is 33.4 Å². The normalized spacial score (nSPS) is 11.8. The minimum absolute atomic E-state index is 0.105. The van der Waals surface area contributed by atoms with Crippen LogP contribution < -0.4 is 18.9 Å². The van der Waals surface area contributed by atoms with Gasteiger partial charge < -0.3 is 18.9 Å². The second-order valence-electron chi connectivity index (χ2n) is 6.35. The van der Waals surface area contributed by atoms with Gasteiger partial charge in [0.25, 0.3) is 0 Å². The van der Waals surface area contributed by atoms with E-state index in [0.717, 1.165) is 5.56 Å². The summed E-state index contributed by atoms with van der Waals surface area (Å²) in [6.45, 7) is 4.09. The molecule has 0 aliphatic rings. The zero-order valence-electron chi connectivity index (χ0n) is 16.4. The van der Waals surface area contributed by atoms with Crippen LogP contribution in [0.4, 0.5) is 5.69 Å². The minimum atomic E-state index is -0.454. The van der Waals surface area contributed by atoms with Crippen molar-refractivity contribution in [3.63, 3.8) is 0 Å². The van der Waals surface area contributed by atoms with Crippen LogP contribution in [0.25, 0.3) is 0 Å². The molecule has 0 radical (unpaired) electrons. The number of nitro groups is 1. The van der Waals surface area contributed by atoms with Gasteiger partial charge in [0.2, 0.25) is 5.75 Å². The Kier molecular flexibility index (Phi) is 6.50. The number of ether oxygens (including phenoxy) is 4. The molecule has 0 saturated heterocycles. The first-order valence-corrected chi connectivity index (χ1v) is 8.50. The van der Waals surface area contributed by atoms with Crippen molar-refractivity contribution in [2.45, 2.75) is 19.8 Å². The third-order valence-electron chi connectivity index (χ3n) is 4.51. The van der Waals surface area contributed by atoms with E-state index in [2.05, 4.69) is 0 Å². The summed E-state index contributed by atoms with van der Waals surface area (Å²) in [7, 11) is 6.11. The first kappa shape index (κ1) is 20.4. The van der Waals surface area contributed by atoms with Crippen LogP contribution in [-0.2, 0) is 0 Å². The fraction of sp³-hybridized carbons (Fsp3) is 0.400. The van der Waals surface area contributed by atoms with Crippen molar-refractivity contribution >= 4 is 5.69 Å². The van der Waals surface area contributed by atoms with E-state index in [1.165, 1.54) is 20.3 Å². The smallest absolute Gasteiger partial charge is 0.311 e. The largest absolute Gasteiger partial charge is 0.497 e. The molecule has 1 atom stereocenters. The number of hydrogen-bond acceptors (Lipinski definition) is 6. The van der Waals surface area contributed by atoms with Crippen LogP contribution >= 0.6 is 0 Å². The van der Waals surface area contributed by atoms with Gasteiger partial charge in [0.1, 0.15) is 17.2 Å². The second-order valence-corrected chi connectivity index (χ2v) is 6.35. The SMILES string of the molecule is COc1ccc(C(c2cc([N+](=O)[O-])c(OC)cc2OC)C(C)C)c(OC)c1. The van der Waals surface area contributed by atoms with Gasteiger partial charge >= 0.3 is 5.69 Å². The van der Waals surface area contributed by atoms with E-state index < -0.39 is 4.92 Å². The van der Waals surface area contributed by atoms with Gasteiger partial charge in [-0.25, -0.2) is 0 Å². The van der Waals surface area contributed by atoms with E-state index in [1.807, 2.05) is 26.0 Å². The Morgan fingerprint density at radius 3 is 1.89 bits per heavy atom. The van der Waals surface area contributed by atoms with E-state index in [1.54, 1.807) is 26.4 Å². The highest BCUT2D eigenvalue weighted by Crippen LogP contribution is 2.45. The Morgan fingerprint density at radius 2 is 1.41 bits per heavy atom. The molecule has 0 spiro atoms. The van der Waals surface area contributed by atoms with Gasteiger partial charge in [-0.05, 0) is 12.0 Å². The Bertz CT molecular complexity index is 818. The molecular weight excluding hydrogens is 350 g/mol. The molecule has 0 aromatic heterocycles. The maximum atomic E-state index is 11.5. The van der Waals surface area contributed by atoms with E-state index in [0.29, 0.717) is 22.8 Å². The molecule has 7 heteroatoms. The lowest BCUT2D eigenvalue weighted by molar-refractivity contribution is -0.385. The van der Waals surface area contributed by atoms with Crippen LogP contribution in [0.15, 0.2) is 30.3 Å². The summed E-state index contributed by atoms with van der Waals surface area (Å²) >= 11 is 0. The molecule has 27 heavy (non-hydrogen) atoms.